The second kappa shape index (κ2) is 3.92. The van der Waals surface area contributed by atoms with Crippen LogP contribution in [0.15, 0.2) is 43.0 Å². The number of aromatic nitrogens is 4. The van der Waals surface area contributed by atoms with Gasteiger partial charge in [0.1, 0.15) is 0 Å². The Morgan fingerprint density at radius 1 is 1.22 bits per heavy atom. The normalized spacial score (nSPS) is 10.7. The molecule has 0 saturated heterocycles. The summed E-state index contributed by atoms with van der Waals surface area (Å²) in [6, 6.07) is 7.26. The minimum Gasteiger partial charge on any atom is -0.476 e. The number of benzene rings is 1. The Kier molecular flexibility index (Phi) is 2.26. The van der Waals surface area contributed by atoms with Crippen molar-refractivity contribution in [2.24, 2.45) is 0 Å². The Balaban J connectivity index is 2.43. The summed E-state index contributed by atoms with van der Waals surface area (Å²) in [7, 11) is 0. The highest BCUT2D eigenvalue weighted by atomic mass is 16.4. The zero-order valence-corrected chi connectivity index (χ0v) is 9.19. The molecule has 0 unspecified atom stereocenters. The fraction of sp³-hybridized carbons (Fsp3) is 0. The van der Waals surface area contributed by atoms with E-state index >= 15 is 0 Å². The van der Waals surface area contributed by atoms with Crippen LogP contribution in [0.25, 0.3) is 16.6 Å². The van der Waals surface area contributed by atoms with Crippen molar-refractivity contribution in [1.82, 2.24) is 19.7 Å². The van der Waals surface area contributed by atoms with E-state index < -0.39 is 5.97 Å². The van der Waals surface area contributed by atoms with Crippen molar-refractivity contribution in [2.75, 3.05) is 0 Å². The van der Waals surface area contributed by atoms with Crippen molar-refractivity contribution >= 4 is 16.9 Å². The molecule has 3 aromatic rings. The maximum Gasteiger partial charge on any atom is 0.358 e. The molecule has 6 heteroatoms. The number of aromatic carboxylic acids is 1. The van der Waals surface area contributed by atoms with Gasteiger partial charge < -0.3 is 9.67 Å². The molecule has 1 N–H and O–H groups in total. The van der Waals surface area contributed by atoms with Crippen molar-refractivity contribution < 1.29 is 9.90 Å². The third-order valence-electron chi connectivity index (χ3n) is 2.61. The van der Waals surface area contributed by atoms with Crippen LogP contribution in [0.4, 0.5) is 0 Å². The van der Waals surface area contributed by atoms with Gasteiger partial charge in [0.15, 0.2) is 5.69 Å². The van der Waals surface area contributed by atoms with E-state index in [1.54, 1.807) is 23.0 Å². The van der Waals surface area contributed by atoms with Crippen molar-refractivity contribution in [1.29, 1.82) is 0 Å². The van der Waals surface area contributed by atoms with Crippen LogP contribution >= 0.6 is 0 Å². The average molecular weight is 240 g/mol. The summed E-state index contributed by atoms with van der Waals surface area (Å²) in [4.78, 5) is 15.2. The van der Waals surface area contributed by atoms with Gasteiger partial charge >= 0.3 is 5.97 Å². The number of fused-ring (bicyclic) bond motifs is 1. The van der Waals surface area contributed by atoms with Gasteiger partial charge in [0.05, 0.1) is 17.5 Å². The molecular formula is C12H8N4O2. The second-order valence-electron chi connectivity index (χ2n) is 3.69. The number of hydrogen-bond donors (Lipinski definition) is 1. The van der Waals surface area contributed by atoms with Gasteiger partial charge in [-0.2, -0.15) is 0 Å². The summed E-state index contributed by atoms with van der Waals surface area (Å²) in [6.07, 6.45) is 4.80. The van der Waals surface area contributed by atoms with Crippen molar-refractivity contribution in [3.8, 4) is 5.69 Å². The number of nitrogens with zero attached hydrogens (tertiary/aromatic N) is 4. The van der Waals surface area contributed by atoms with Crippen LogP contribution in [0.2, 0.25) is 0 Å². The van der Waals surface area contributed by atoms with Crippen molar-refractivity contribution in [3.05, 3.63) is 48.7 Å². The topological polar surface area (TPSA) is 80.9 Å². The highest BCUT2D eigenvalue weighted by molar-refractivity contribution is 5.98. The van der Waals surface area contributed by atoms with Crippen LogP contribution in [-0.4, -0.2) is 30.8 Å². The van der Waals surface area contributed by atoms with Gasteiger partial charge in [0.25, 0.3) is 0 Å². The molecule has 0 spiro atoms. The number of rotatable bonds is 2. The second-order valence-corrected chi connectivity index (χ2v) is 3.69. The summed E-state index contributed by atoms with van der Waals surface area (Å²) in [6.45, 7) is 0. The molecule has 88 valence electrons. The Morgan fingerprint density at radius 2 is 2.06 bits per heavy atom. The summed E-state index contributed by atoms with van der Waals surface area (Å²) in [5, 5.41) is 17.6. The Labute approximate surface area is 102 Å². The summed E-state index contributed by atoms with van der Waals surface area (Å²) >= 11 is 0. The lowest BCUT2D eigenvalue weighted by molar-refractivity contribution is 0.0689. The number of imidazole rings is 1. The number of carboxylic acids is 1. The van der Waals surface area contributed by atoms with E-state index in [0.29, 0.717) is 11.2 Å². The average Bonchev–Trinajstić information content (AvgIpc) is 2.90. The van der Waals surface area contributed by atoms with Crippen LogP contribution in [-0.2, 0) is 0 Å². The molecule has 2 heterocycles. The minimum absolute atomic E-state index is 0.0910. The molecule has 0 aliphatic heterocycles. The van der Waals surface area contributed by atoms with Gasteiger partial charge in [0, 0.05) is 17.8 Å². The predicted molar refractivity (Wildman–Crippen MR) is 63.6 cm³/mol. The molecule has 2 aromatic heterocycles. The van der Waals surface area contributed by atoms with E-state index in [9.17, 15) is 9.90 Å². The van der Waals surface area contributed by atoms with Gasteiger partial charge in [-0.3, -0.25) is 0 Å². The number of carbonyl (C=O) groups is 1. The Bertz CT molecular complexity index is 722. The largest absolute Gasteiger partial charge is 0.476 e. The molecule has 0 fully saturated rings. The first-order valence-corrected chi connectivity index (χ1v) is 5.24. The lowest BCUT2D eigenvalue weighted by Crippen LogP contribution is -2.09. The first-order valence-electron chi connectivity index (χ1n) is 5.24. The van der Waals surface area contributed by atoms with Gasteiger partial charge in [-0.1, -0.05) is 18.2 Å². The standard InChI is InChI=1S/C12H8N4O2/c17-12(18)10-11(16-6-5-13-7-16)8-3-1-2-4-9(8)14-15-10/h1-7H,(H,17,18). The molecule has 0 radical (unpaired) electrons. The van der Waals surface area contributed by atoms with E-state index in [2.05, 4.69) is 15.2 Å². The molecule has 0 saturated carbocycles. The van der Waals surface area contributed by atoms with E-state index in [4.69, 9.17) is 0 Å². The third kappa shape index (κ3) is 1.51. The summed E-state index contributed by atoms with van der Waals surface area (Å²) in [5.74, 6) is -1.11. The van der Waals surface area contributed by atoms with E-state index in [-0.39, 0.29) is 5.69 Å². The monoisotopic (exact) mass is 240 g/mol. The Morgan fingerprint density at radius 3 is 2.78 bits per heavy atom. The molecule has 0 atom stereocenters. The lowest BCUT2D eigenvalue weighted by atomic mass is 10.1. The van der Waals surface area contributed by atoms with E-state index in [0.717, 1.165) is 5.39 Å². The quantitative estimate of drug-likeness (QED) is 0.734. The molecule has 18 heavy (non-hydrogen) atoms. The van der Waals surface area contributed by atoms with E-state index in [1.165, 1.54) is 6.33 Å². The first-order chi connectivity index (χ1) is 8.77. The molecule has 0 bridgehead atoms. The molecule has 0 aliphatic rings. The van der Waals surface area contributed by atoms with Gasteiger partial charge in [0.2, 0.25) is 0 Å². The molecule has 0 amide bonds. The molecular weight excluding hydrogens is 232 g/mol. The van der Waals surface area contributed by atoms with Crippen LogP contribution in [0.5, 0.6) is 0 Å². The fourth-order valence-corrected chi connectivity index (χ4v) is 1.84. The summed E-state index contributed by atoms with van der Waals surface area (Å²) < 4.78 is 1.63. The van der Waals surface area contributed by atoms with Crippen molar-refractivity contribution in [2.45, 2.75) is 0 Å². The van der Waals surface area contributed by atoms with Gasteiger partial charge in [-0.25, -0.2) is 9.78 Å². The number of carboxylic acid groups (broad SMARTS) is 1. The SMILES string of the molecule is O=C(O)c1nnc2ccccc2c1-n1ccnc1. The molecule has 3 rings (SSSR count). The molecule has 1 aromatic carbocycles. The maximum atomic E-state index is 11.2. The zero-order valence-electron chi connectivity index (χ0n) is 9.19. The van der Waals surface area contributed by atoms with Crippen LogP contribution in [0.3, 0.4) is 0 Å². The zero-order chi connectivity index (χ0) is 12.5. The molecule has 6 nitrogen and oxygen atoms in total. The highest BCUT2D eigenvalue weighted by Gasteiger charge is 2.17. The van der Waals surface area contributed by atoms with Gasteiger partial charge in [-0.15, -0.1) is 10.2 Å². The highest BCUT2D eigenvalue weighted by Crippen LogP contribution is 2.22. The van der Waals surface area contributed by atoms with Crippen LogP contribution in [0, 0.1) is 0 Å². The fourth-order valence-electron chi connectivity index (χ4n) is 1.84. The predicted octanol–water partition coefficient (Wildman–Crippen LogP) is 1.51. The number of hydrogen-bond acceptors (Lipinski definition) is 4. The van der Waals surface area contributed by atoms with Crippen LogP contribution < -0.4 is 0 Å². The van der Waals surface area contributed by atoms with Gasteiger partial charge in [-0.05, 0) is 6.07 Å². The maximum absolute atomic E-state index is 11.2. The Hall–Kier alpha value is -2.76. The van der Waals surface area contributed by atoms with Crippen molar-refractivity contribution in [3.63, 3.8) is 0 Å². The first kappa shape index (κ1) is 10.4. The minimum atomic E-state index is -1.11. The molecule has 0 aliphatic carbocycles. The third-order valence-corrected chi connectivity index (χ3v) is 2.61. The van der Waals surface area contributed by atoms with E-state index in [1.807, 2.05) is 18.2 Å². The lowest BCUT2D eigenvalue weighted by Gasteiger charge is -2.08. The smallest absolute Gasteiger partial charge is 0.358 e. The van der Waals surface area contributed by atoms with Crippen LogP contribution in [0.1, 0.15) is 10.5 Å². The summed E-state index contributed by atoms with van der Waals surface area (Å²) in [5.41, 5.74) is 1.03.